The summed E-state index contributed by atoms with van der Waals surface area (Å²) < 4.78 is 39.2. The zero-order valence-corrected chi connectivity index (χ0v) is 11.6. The molecule has 8 heteroatoms. The molecule has 0 aliphatic carbocycles. The fraction of sp³-hybridized carbons (Fsp3) is 0.250. The lowest BCUT2D eigenvalue weighted by Gasteiger charge is -2.10. The third-order valence-corrected chi connectivity index (χ3v) is 3.21. The number of halogens is 4. The highest BCUT2D eigenvalue weighted by Crippen LogP contribution is 2.35. The SMILES string of the molecule is N#CCCc1cn(-c2ccc(C(F)(F)F)c(Br)c2)nn1. The summed E-state index contributed by atoms with van der Waals surface area (Å²) in [5, 5.41) is 16.2. The molecule has 0 fully saturated rings. The van der Waals surface area contributed by atoms with Crippen molar-refractivity contribution in [2.24, 2.45) is 0 Å². The van der Waals surface area contributed by atoms with Crippen molar-refractivity contribution in [3.05, 3.63) is 40.1 Å². The van der Waals surface area contributed by atoms with Gasteiger partial charge in [-0.25, -0.2) is 4.68 Å². The van der Waals surface area contributed by atoms with Gasteiger partial charge >= 0.3 is 6.18 Å². The lowest BCUT2D eigenvalue weighted by atomic mass is 10.2. The van der Waals surface area contributed by atoms with Crippen LogP contribution in [0.2, 0.25) is 0 Å². The Balaban J connectivity index is 2.28. The summed E-state index contributed by atoms with van der Waals surface area (Å²) in [5.41, 5.74) is 0.328. The van der Waals surface area contributed by atoms with Gasteiger partial charge in [0.25, 0.3) is 0 Å². The number of hydrogen-bond donors (Lipinski definition) is 0. The van der Waals surface area contributed by atoms with Crippen LogP contribution in [0.5, 0.6) is 0 Å². The van der Waals surface area contributed by atoms with Crippen molar-refractivity contribution in [2.75, 3.05) is 0 Å². The highest BCUT2D eigenvalue weighted by Gasteiger charge is 2.32. The number of alkyl halides is 3. The fourth-order valence-electron chi connectivity index (χ4n) is 1.60. The summed E-state index contributed by atoms with van der Waals surface area (Å²) in [6, 6.07) is 5.61. The van der Waals surface area contributed by atoms with Crippen LogP contribution < -0.4 is 0 Å². The minimum atomic E-state index is -4.41. The van der Waals surface area contributed by atoms with Crippen molar-refractivity contribution in [1.82, 2.24) is 15.0 Å². The molecular formula is C12H8BrF3N4. The summed E-state index contributed by atoms with van der Waals surface area (Å²) in [7, 11) is 0. The average Bonchev–Trinajstić information content (AvgIpc) is 2.83. The van der Waals surface area contributed by atoms with E-state index in [1.807, 2.05) is 6.07 Å². The smallest absolute Gasteiger partial charge is 0.220 e. The molecule has 0 saturated heterocycles. The number of nitrogens with zero attached hydrogens (tertiary/aromatic N) is 4. The lowest BCUT2D eigenvalue weighted by molar-refractivity contribution is -0.138. The Morgan fingerprint density at radius 1 is 1.35 bits per heavy atom. The Labute approximate surface area is 121 Å². The number of aromatic nitrogens is 3. The molecule has 4 nitrogen and oxygen atoms in total. The van der Waals surface area contributed by atoms with E-state index >= 15 is 0 Å². The van der Waals surface area contributed by atoms with Gasteiger partial charge < -0.3 is 0 Å². The minimum Gasteiger partial charge on any atom is -0.220 e. The van der Waals surface area contributed by atoms with Crippen LogP contribution in [0.1, 0.15) is 17.7 Å². The first-order valence-corrected chi connectivity index (χ1v) is 6.36. The summed E-state index contributed by atoms with van der Waals surface area (Å²) in [6.07, 6.45) is -2.04. The van der Waals surface area contributed by atoms with Gasteiger partial charge in [0.1, 0.15) is 0 Å². The Morgan fingerprint density at radius 3 is 2.70 bits per heavy atom. The maximum atomic E-state index is 12.6. The van der Waals surface area contributed by atoms with Crippen molar-refractivity contribution in [3.8, 4) is 11.8 Å². The summed E-state index contributed by atoms with van der Waals surface area (Å²) in [4.78, 5) is 0. The van der Waals surface area contributed by atoms with Gasteiger partial charge in [-0.15, -0.1) is 5.10 Å². The van der Waals surface area contributed by atoms with Gasteiger partial charge in [-0.2, -0.15) is 18.4 Å². The third kappa shape index (κ3) is 3.17. The first-order valence-electron chi connectivity index (χ1n) is 5.57. The predicted molar refractivity (Wildman–Crippen MR) is 68.0 cm³/mol. The van der Waals surface area contributed by atoms with Crippen LogP contribution >= 0.6 is 15.9 Å². The lowest BCUT2D eigenvalue weighted by Crippen LogP contribution is -2.06. The van der Waals surface area contributed by atoms with Gasteiger partial charge in [0.2, 0.25) is 0 Å². The van der Waals surface area contributed by atoms with Crippen LogP contribution in [-0.2, 0) is 12.6 Å². The maximum absolute atomic E-state index is 12.6. The van der Waals surface area contributed by atoms with E-state index in [1.165, 1.54) is 16.8 Å². The van der Waals surface area contributed by atoms with E-state index in [-0.39, 0.29) is 4.47 Å². The Kier molecular flexibility index (Phi) is 4.09. The Hall–Kier alpha value is -1.88. The van der Waals surface area contributed by atoms with Crippen molar-refractivity contribution < 1.29 is 13.2 Å². The van der Waals surface area contributed by atoms with Gasteiger partial charge in [0.15, 0.2) is 0 Å². The maximum Gasteiger partial charge on any atom is 0.417 e. The van der Waals surface area contributed by atoms with E-state index in [2.05, 4.69) is 26.2 Å². The normalized spacial score (nSPS) is 11.3. The van der Waals surface area contributed by atoms with E-state index in [9.17, 15) is 13.2 Å². The van der Waals surface area contributed by atoms with Gasteiger partial charge in [-0.05, 0) is 18.2 Å². The molecule has 0 unspecified atom stereocenters. The van der Waals surface area contributed by atoms with Gasteiger partial charge in [-0.3, -0.25) is 0 Å². The second-order valence-corrected chi connectivity index (χ2v) is 4.83. The molecule has 0 radical (unpaired) electrons. The summed E-state index contributed by atoms with van der Waals surface area (Å²) in [5.74, 6) is 0. The topological polar surface area (TPSA) is 54.5 Å². The molecule has 0 bridgehead atoms. The van der Waals surface area contributed by atoms with Crippen LogP contribution in [0.4, 0.5) is 13.2 Å². The van der Waals surface area contributed by atoms with E-state index in [4.69, 9.17) is 5.26 Å². The molecule has 0 aliphatic heterocycles. The predicted octanol–water partition coefficient (Wildman–Crippen LogP) is 3.50. The minimum absolute atomic E-state index is 0.0587. The van der Waals surface area contributed by atoms with E-state index in [0.29, 0.717) is 24.2 Å². The molecule has 104 valence electrons. The second kappa shape index (κ2) is 5.63. The van der Waals surface area contributed by atoms with Crippen molar-refractivity contribution >= 4 is 15.9 Å². The highest BCUT2D eigenvalue weighted by atomic mass is 79.9. The molecule has 2 aromatic rings. The van der Waals surface area contributed by atoms with E-state index < -0.39 is 11.7 Å². The molecule has 2 rings (SSSR count). The molecular weight excluding hydrogens is 337 g/mol. The average molecular weight is 345 g/mol. The first kappa shape index (κ1) is 14.5. The fourth-order valence-corrected chi connectivity index (χ4v) is 2.19. The standard InChI is InChI=1S/C12H8BrF3N4/c13-11-6-9(3-4-10(11)12(14,15)16)20-7-8(18-19-20)2-1-5-17/h3-4,6-7H,1-2H2. The Bertz CT molecular complexity index is 657. The number of hydrogen-bond acceptors (Lipinski definition) is 3. The largest absolute Gasteiger partial charge is 0.417 e. The van der Waals surface area contributed by atoms with E-state index in [0.717, 1.165) is 6.07 Å². The van der Waals surface area contributed by atoms with E-state index in [1.54, 1.807) is 6.20 Å². The summed E-state index contributed by atoms with van der Waals surface area (Å²) >= 11 is 2.90. The van der Waals surface area contributed by atoms with Crippen LogP contribution in [-0.4, -0.2) is 15.0 Å². The quantitative estimate of drug-likeness (QED) is 0.856. The molecule has 0 amide bonds. The molecule has 0 spiro atoms. The van der Waals surface area contributed by atoms with Gasteiger partial charge in [-0.1, -0.05) is 21.1 Å². The number of nitriles is 1. The number of rotatable bonds is 3. The first-order chi connectivity index (χ1) is 9.41. The van der Waals surface area contributed by atoms with Crippen LogP contribution in [0, 0.1) is 11.3 Å². The van der Waals surface area contributed by atoms with Crippen molar-refractivity contribution in [2.45, 2.75) is 19.0 Å². The third-order valence-electron chi connectivity index (χ3n) is 2.56. The van der Waals surface area contributed by atoms with Crippen molar-refractivity contribution in [3.63, 3.8) is 0 Å². The molecule has 1 aromatic carbocycles. The zero-order valence-electron chi connectivity index (χ0n) is 10.0. The molecule has 0 N–H and O–H groups in total. The monoisotopic (exact) mass is 344 g/mol. The number of benzene rings is 1. The van der Waals surface area contributed by atoms with Crippen LogP contribution in [0.25, 0.3) is 5.69 Å². The molecule has 20 heavy (non-hydrogen) atoms. The van der Waals surface area contributed by atoms with Crippen LogP contribution in [0.15, 0.2) is 28.9 Å². The Morgan fingerprint density at radius 2 is 2.10 bits per heavy atom. The molecule has 0 aliphatic rings. The zero-order chi connectivity index (χ0) is 14.8. The molecule has 1 aromatic heterocycles. The summed E-state index contributed by atoms with van der Waals surface area (Å²) in [6.45, 7) is 0. The van der Waals surface area contributed by atoms with Crippen LogP contribution in [0.3, 0.4) is 0 Å². The number of aryl methyl sites for hydroxylation is 1. The van der Waals surface area contributed by atoms with Crippen molar-refractivity contribution in [1.29, 1.82) is 5.26 Å². The van der Waals surface area contributed by atoms with Gasteiger partial charge in [0, 0.05) is 17.3 Å². The molecule has 0 saturated carbocycles. The van der Waals surface area contributed by atoms with Gasteiger partial charge in [0.05, 0.1) is 29.2 Å². The molecule has 1 heterocycles. The second-order valence-electron chi connectivity index (χ2n) is 3.97. The molecule has 0 atom stereocenters. The highest BCUT2D eigenvalue weighted by molar-refractivity contribution is 9.10.